The standard InChI is InChI=1S/C41H44ClN5O6/c1-25(2)53-41(52)45-34(22-28-15-9-5-10-16-28)35(48)23-30(21-27-13-7-4-8-14-27)39(50)43-26(3)38(49)47-37-40(51)44-33-20-19-31(42)24-32(33)36(46-37)29-17-11-6-12-18-29/h4-20,24-26,30,34-35,37,48H,21-23H2,1-3H3,(H,43,50)(H,44,51)(H,45,52)(H,47,49)/t26-,30?,34-,35+,37?/m1/s1. The molecule has 11 nitrogen and oxygen atoms in total. The Morgan fingerprint density at radius 3 is 2.06 bits per heavy atom. The topological polar surface area (TPSA) is 158 Å². The highest BCUT2D eigenvalue weighted by Crippen LogP contribution is 2.27. The van der Waals surface area contributed by atoms with Gasteiger partial charge in [-0.05, 0) is 69.4 Å². The largest absolute Gasteiger partial charge is 0.447 e. The van der Waals surface area contributed by atoms with Crippen molar-refractivity contribution < 1.29 is 29.0 Å². The molecule has 5 N–H and O–H groups in total. The molecule has 0 fully saturated rings. The number of aliphatic hydroxyl groups excluding tert-OH is 1. The predicted molar refractivity (Wildman–Crippen MR) is 205 cm³/mol. The summed E-state index contributed by atoms with van der Waals surface area (Å²) in [6.07, 6.45) is -3.02. The van der Waals surface area contributed by atoms with Crippen LogP contribution in [0.3, 0.4) is 0 Å². The number of fused-ring (bicyclic) bond motifs is 1. The number of aliphatic hydroxyl groups is 1. The molecule has 0 aliphatic carbocycles. The molecule has 276 valence electrons. The number of carbonyl (C=O) groups excluding carboxylic acids is 4. The van der Waals surface area contributed by atoms with Gasteiger partial charge in [-0.15, -0.1) is 0 Å². The molecule has 0 spiro atoms. The van der Waals surface area contributed by atoms with Crippen molar-refractivity contribution in [1.29, 1.82) is 0 Å². The van der Waals surface area contributed by atoms with Crippen molar-refractivity contribution in [3.05, 3.63) is 136 Å². The van der Waals surface area contributed by atoms with E-state index in [4.69, 9.17) is 16.3 Å². The maximum Gasteiger partial charge on any atom is 0.407 e. The Morgan fingerprint density at radius 1 is 0.830 bits per heavy atom. The van der Waals surface area contributed by atoms with Crippen molar-refractivity contribution >= 4 is 46.8 Å². The molecule has 1 aliphatic heterocycles. The first-order valence-electron chi connectivity index (χ1n) is 17.5. The molecule has 1 aliphatic rings. The Bertz CT molecular complexity index is 1910. The van der Waals surface area contributed by atoms with Crippen molar-refractivity contribution in [3.8, 4) is 0 Å². The third-order valence-electron chi connectivity index (χ3n) is 8.71. The van der Waals surface area contributed by atoms with E-state index in [1.165, 1.54) is 6.92 Å². The number of ether oxygens (including phenoxy) is 1. The molecule has 4 amide bonds. The number of hydrogen-bond donors (Lipinski definition) is 5. The zero-order chi connectivity index (χ0) is 37.9. The van der Waals surface area contributed by atoms with Crippen LogP contribution in [0, 0.1) is 5.92 Å². The van der Waals surface area contributed by atoms with E-state index < -0.39 is 54.1 Å². The Morgan fingerprint density at radius 2 is 1.43 bits per heavy atom. The lowest BCUT2D eigenvalue weighted by atomic mass is 9.88. The van der Waals surface area contributed by atoms with Gasteiger partial charge >= 0.3 is 6.09 Å². The molecule has 0 radical (unpaired) electrons. The van der Waals surface area contributed by atoms with E-state index in [9.17, 15) is 24.3 Å². The van der Waals surface area contributed by atoms with E-state index in [-0.39, 0.29) is 18.9 Å². The molecule has 4 aromatic rings. The summed E-state index contributed by atoms with van der Waals surface area (Å²) >= 11 is 6.31. The Balaban J connectivity index is 1.33. The van der Waals surface area contributed by atoms with E-state index in [2.05, 4.69) is 26.3 Å². The first-order chi connectivity index (χ1) is 25.5. The lowest BCUT2D eigenvalue weighted by Gasteiger charge is -2.28. The zero-order valence-corrected chi connectivity index (χ0v) is 30.5. The van der Waals surface area contributed by atoms with Crippen LogP contribution in [-0.4, -0.2) is 65.1 Å². The minimum absolute atomic E-state index is 0.0366. The van der Waals surface area contributed by atoms with Gasteiger partial charge in [-0.3, -0.25) is 14.4 Å². The van der Waals surface area contributed by atoms with Gasteiger partial charge in [-0.1, -0.05) is 103 Å². The number of carbonyl (C=O) groups is 4. The molecular weight excluding hydrogens is 694 g/mol. The number of nitrogens with zero attached hydrogens (tertiary/aromatic N) is 1. The van der Waals surface area contributed by atoms with Gasteiger partial charge in [0.1, 0.15) is 6.04 Å². The van der Waals surface area contributed by atoms with Crippen molar-refractivity contribution in [2.24, 2.45) is 10.9 Å². The highest BCUT2D eigenvalue weighted by molar-refractivity contribution is 6.32. The molecule has 1 heterocycles. The molecule has 2 unspecified atom stereocenters. The average molecular weight is 738 g/mol. The third kappa shape index (κ3) is 11.0. The number of halogens is 1. The summed E-state index contributed by atoms with van der Waals surface area (Å²) < 4.78 is 5.30. The minimum atomic E-state index is -1.32. The normalized spacial score (nSPS) is 16.1. The fraction of sp³-hybridized carbons (Fsp3) is 0.293. The molecule has 0 aromatic heterocycles. The zero-order valence-electron chi connectivity index (χ0n) is 29.8. The van der Waals surface area contributed by atoms with E-state index >= 15 is 0 Å². The number of benzene rings is 4. The lowest BCUT2D eigenvalue weighted by Crippen LogP contribution is -2.52. The molecule has 5 rings (SSSR count). The van der Waals surface area contributed by atoms with E-state index in [1.54, 1.807) is 32.0 Å². The Hall–Kier alpha value is -5.52. The monoisotopic (exact) mass is 737 g/mol. The van der Waals surface area contributed by atoms with Crippen molar-refractivity contribution in [2.75, 3.05) is 5.32 Å². The van der Waals surface area contributed by atoms with E-state index in [0.29, 0.717) is 34.0 Å². The van der Waals surface area contributed by atoms with E-state index in [0.717, 1.165) is 11.1 Å². The van der Waals surface area contributed by atoms with Gasteiger partial charge < -0.3 is 31.1 Å². The first kappa shape index (κ1) is 38.7. The van der Waals surface area contributed by atoms with Gasteiger partial charge in [0.2, 0.25) is 18.0 Å². The second-order valence-corrected chi connectivity index (χ2v) is 13.7. The fourth-order valence-corrected chi connectivity index (χ4v) is 6.22. The first-order valence-corrected chi connectivity index (χ1v) is 17.9. The summed E-state index contributed by atoms with van der Waals surface area (Å²) in [5, 5.41) is 23.1. The van der Waals surface area contributed by atoms with Crippen LogP contribution in [-0.2, 0) is 32.0 Å². The van der Waals surface area contributed by atoms with Crippen molar-refractivity contribution in [2.45, 2.75) is 70.5 Å². The van der Waals surface area contributed by atoms with Crippen molar-refractivity contribution in [3.63, 3.8) is 0 Å². The predicted octanol–water partition coefficient (Wildman–Crippen LogP) is 5.43. The third-order valence-corrected chi connectivity index (χ3v) is 8.95. The number of hydrogen-bond acceptors (Lipinski definition) is 7. The fourth-order valence-electron chi connectivity index (χ4n) is 6.05. The SMILES string of the molecule is CC(C)OC(=O)N[C@H](Cc1ccccc1)[C@@H](O)CC(Cc1ccccc1)C(=O)N[C@H](C)C(=O)NC1N=C(c2ccccc2)c2cc(Cl)ccc2NC1=O. The molecular formula is C41H44ClN5O6. The maximum absolute atomic E-state index is 13.9. The molecule has 12 heteroatoms. The molecule has 5 atom stereocenters. The molecule has 0 saturated carbocycles. The number of amides is 4. The van der Waals surface area contributed by atoms with Gasteiger partial charge in [0.05, 0.1) is 29.6 Å². The number of anilines is 1. The molecule has 0 bridgehead atoms. The highest BCUT2D eigenvalue weighted by Gasteiger charge is 2.32. The van der Waals surface area contributed by atoms with Gasteiger partial charge in [0, 0.05) is 22.1 Å². The van der Waals surface area contributed by atoms with Gasteiger partial charge in [0.25, 0.3) is 5.91 Å². The van der Waals surface area contributed by atoms with Crippen LogP contribution in [0.25, 0.3) is 0 Å². The number of aliphatic imine (C=N–C) groups is 1. The lowest BCUT2D eigenvalue weighted by molar-refractivity contribution is -0.132. The summed E-state index contributed by atoms with van der Waals surface area (Å²) in [6.45, 7) is 4.97. The van der Waals surface area contributed by atoms with Crippen LogP contribution in [0.5, 0.6) is 0 Å². The summed E-state index contributed by atoms with van der Waals surface area (Å²) in [4.78, 5) is 58.2. The van der Waals surface area contributed by atoms with Crippen LogP contribution < -0.4 is 21.3 Å². The second-order valence-electron chi connectivity index (χ2n) is 13.2. The minimum Gasteiger partial charge on any atom is -0.447 e. The van der Waals surface area contributed by atoms with Gasteiger partial charge in [0.15, 0.2) is 0 Å². The van der Waals surface area contributed by atoms with Crippen LogP contribution in [0.1, 0.15) is 49.4 Å². The smallest absolute Gasteiger partial charge is 0.407 e. The van der Waals surface area contributed by atoms with Crippen LogP contribution in [0.4, 0.5) is 10.5 Å². The van der Waals surface area contributed by atoms with Crippen LogP contribution >= 0.6 is 11.6 Å². The average Bonchev–Trinajstić information content (AvgIpc) is 3.27. The maximum atomic E-state index is 13.9. The Kier molecular flexibility index (Phi) is 13.4. The van der Waals surface area contributed by atoms with Gasteiger partial charge in [-0.2, -0.15) is 0 Å². The quantitative estimate of drug-likeness (QED) is 0.116. The second kappa shape index (κ2) is 18.3. The molecule has 0 saturated heterocycles. The van der Waals surface area contributed by atoms with Crippen LogP contribution in [0.2, 0.25) is 5.02 Å². The molecule has 53 heavy (non-hydrogen) atoms. The van der Waals surface area contributed by atoms with Crippen molar-refractivity contribution in [1.82, 2.24) is 16.0 Å². The van der Waals surface area contributed by atoms with Crippen LogP contribution in [0.15, 0.2) is 114 Å². The summed E-state index contributed by atoms with van der Waals surface area (Å²) in [7, 11) is 0. The number of alkyl carbamates (subject to hydrolysis) is 1. The summed E-state index contributed by atoms with van der Waals surface area (Å²) in [5.74, 6) is -2.49. The number of nitrogens with one attached hydrogen (secondary N) is 4. The highest BCUT2D eigenvalue weighted by atomic mass is 35.5. The number of rotatable bonds is 14. The summed E-state index contributed by atoms with van der Waals surface area (Å²) in [5.41, 5.74) is 3.98. The van der Waals surface area contributed by atoms with Gasteiger partial charge in [-0.25, -0.2) is 9.79 Å². The Labute approximate surface area is 314 Å². The number of benzodiazepines with no additional fused rings is 1. The summed E-state index contributed by atoms with van der Waals surface area (Å²) in [6, 6.07) is 31.1. The van der Waals surface area contributed by atoms with E-state index in [1.807, 2.05) is 91.0 Å². The molecule has 4 aromatic carbocycles.